The molecular weight excluding hydrogens is 511 g/mol. The van der Waals surface area contributed by atoms with Gasteiger partial charge in [0.25, 0.3) is 0 Å². The molecule has 2 aliphatic rings. The largest absolute Gasteiger partial charge is 0.444 e. The molecule has 3 unspecified atom stereocenters. The second-order valence-corrected chi connectivity index (χ2v) is 10.5. The molecule has 1 aromatic heterocycles. The molecular formula is C22H37IN4O2S. The van der Waals surface area contributed by atoms with Crippen LogP contribution in [0.5, 0.6) is 0 Å². The van der Waals surface area contributed by atoms with Gasteiger partial charge in [-0.3, -0.25) is 4.99 Å². The van der Waals surface area contributed by atoms with Crippen molar-refractivity contribution in [1.29, 1.82) is 0 Å². The molecule has 1 aromatic rings. The highest BCUT2D eigenvalue weighted by Gasteiger charge is 2.45. The molecule has 2 bridgehead atoms. The van der Waals surface area contributed by atoms with Crippen LogP contribution >= 0.6 is 35.3 Å². The number of thiophene rings is 1. The lowest BCUT2D eigenvalue weighted by Gasteiger charge is -2.40. The van der Waals surface area contributed by atoms with Crippen molar-refractivity contribution in [2.45, 2.75) is 83.5 Å². The molecule has 1 amide bonds. The second-order valence-electron chi connectivity index (χ2n) is 9.43. The summed E-state index contributed by atoms with van der Waals surface area (Å²) in [7, 11) is 1.82. The van der Waals surface area contributed by atoms with Gasteiger partial charge >= 0.3 is 6.09 Å². The maximum Gasteiger partial charge on any atom is 0.410 e. The Balaban J connectivity index is 0.00000320. The summed E-state index contributed by atoms with van der Waals surface area (Å²) in [5.41, 5.74) is -0.447. The van der Waals surface area contributed by atoms with Gasteiger partial charge in [0, 0.05) is 36.6 Å². The number of nitrogens with one attached hydrogen (secondary N) is 2. The Labute approximate surface area is 202 Å². The van der Waals surface area contributed by atoms with E-state index in [0.29, 0.717) is 12.0 Å². The van der Waals surface area contributed by atoms with Crippen LogP contribution in [0.1, 0.15) is 58.3 Å². The fourth-order valence-electron chi connectivity index (χ4n) is 4.41. The van der Waals surface area contributed by atoms with Gasteiger partial charge in [-0.2, -0.15) is 0 Å². The van der Waals surface area contributed by atoms with Crippen LogP contribution in [0.25, 0.3) is 0 Å². The third-order valence-electron chi connectivity index (χ3n) is 5.65. The molecule has 0 aromatic carbocycles. The maximum atomic E-state index is 12.6. The van der Waals surface area contributed by atoms with E-state index < -0.39 is 5.60 Å². The number of halogens is 1. The minimum atomic E-state index is -0.447. The van der Waals surface area contributed by atoms with Gasteiger partial charge in [0.1, 0.15) is 5.60 Å². The summed E-state index contributed by atoms with van der Waals surface area (Å²) in [5.74, 6) is 1.40. The lowest BCUT2D eigenvalue weighted by molar-refractivity contribution is 0.00545. The van der Waals surface area contributed by atoms with Crippen molar-refractivity contribution in [2.75, 3.05) is 13.6 Å². The predicted octanol–water partition coefficient (Wildman–Crippen LogP) is 4.64. The van der Waals surface area contributed by atoms with E-state index in [1.807, 2.05) is 44.1 Å². The van der Waals surface area contributed by atoms with Crippen molar-refractivity contribution in [3.8, 4) is 0 Å². The van der Waals surface area contributed by atoms with Crippen molar-refractivity contribution in [3.63, 3.8) is 0 Å². The lowest BCUT2D eigenvalue weighted by Crippen LogP contribution is -2.55. The monoisotopic (exact) mass is 548 g/mol. The summed E-state index contributed by atoms with van der Waals surface area (Å²) >= 11 is 1.82. The molecule has 2 saturated heterocycles. The molecule has 6 nitrogen and oxygen atoms in total. The van der Waals surface area contributed by atoms with E-state index in [2.05, 4.69) is 40.1 Å². The first-order chi connectivity index (χ1) is 13.7. The summed E-state index contributed by atoms with van der Waals surface area (Å²) in [6.45, 7) is 8.93. The number of rotatable bonds is 5. The number of carbonyl (C=O) groups is 1. The second kappa shape index (κ2) is 11.0. The van der Waals surface area contributed by atoms with E-state index in [0.717, 1.165) is 44.6 Å². The minimum absolute atomic E-state index is 0. The number of guanidine groups is 1. The zero-order chi connectivity index (χ0) is 21.0. The topological polar surface area (TPSA) is 66.0 Å². The molecule has 2 N–H and O–H groups in total. The smallest absolute Gasteiger partial charge is 0.410 e. The first-order valence-electron chi connectivity index (χ1n) is 10.8. The SMILES string of the molecule is CN=C(NCC(C)Cc1cccs1)NC1CC2CCC(C1)N2C(=O)OC(C)(C)C.I. The van der Waals surface area contributed by atoms with E-state index in [1.165, 1.54) is 4.88 Å². The van der Waals surface area contributed by atoms with Gasteiger partial charge in [-0.05, 0) is 70.2 Å². The van der Waals surface area contributed by atoms with E-state index in [-0.39, 0.29) is 42.2 Å². The van der Waals surface area contributed by atoms with Crippen LogP contribution in [0.3, 0.4) is 0 Å². The number of carbonyl (C=O) groups excluding carboxylic acids is 1. The first kappa shape index (κ1) is 25.2. The zero-order valence-corrected chi connectivity index (χ0v) is 22.0. The van der Waals surface area contributed by atoms with Crippen molar-refractivity contribution in [2.24, 2.45) is 10.9 Å². The highest BCUT2D eigenvalue weighted by atomic mass is 127. The summed E-state index contributed by atoms with van der Waals surface area (Å²) in [6, 6.07) is 5.17. The number of nitrogens with zero attached hydrogens (tertiary/aromatic N) is 2. The normalized spacial score (nSPS) is 24.8. The third-order valence-corrected chi connectivity index (χ3v) is 6.55. The molecule has 3 atom stereocenters. The molecule has 0 radical (unpaired) electrons. The highest BCUT2D eigenvalue weighted by molar-refractivity contribution is 14.0. The Morgan fingerprint density at radius 1 is 1.33 bits per heavy atom. The Hall–Kier alpha value is -1.03. The Kier molecular flexibility index (Phi) is 9.27. The van der Waals surface area contributed by atoms with Crippen molar-refractivity contribution in [3.05, 3.63) is 22.4 Å². The van der Waals surface area contributed by atoms with Crippen LogP contribution < -0.4 is 10.6 Å². The molecule has 2 aliphatic heterocycles. The number of amides is 1. The summed E-state index contributed by atoms with van der Waals surface area (Å²) in [5, 5.41) is 9.21. The van der Waals surface area contributed by atoms with E-state index >= 15 is 0 Å². The number of piperidine rings is 1. The van der Waals surface area contributed by atoms with Gasteiger partial charge in [0.15, 0.2) is 5.96 Å². The molecule has 0 saturated carbocycles. The number of fused-ring (bicyclic) bond motifs is 2. The zero-order valence-electron chi connectivity index (χ0n) is 18.8. The van der Waals surface area contributed by atoms with E-state index in [4.69, 9.17) is 4.74 Å². The molecule has 8 heteroatoms. The van der Waals surface area contributed by atoms with E-state index in [1.54, 1.807) is 0 Å². The predicted molar refractivity (Wildman–Crippen MR) is 135 cm³/mol. The highest BCUT2D eigenvalue weighted by Crippen LogP contribution is 2.36. The number of hydrogen-bond donors (Lipinski definition) is 2. The fraction of sp³-hybridized carbons (Fsp3) is 0.727. The molecule has 30 heavy (non-hydrogen) atoms. The van der Waals surface area contributed by atoms with Gasteiger partial charge in [-0.15, -0.1) is 35.3 Å². The number of hydrogen-bond acceptors (Lipinski definition) is 4. The molecule has 2 fully saturated rings. The van der Waals surface area contributed by atoms with Crippen LogP contribution in [0.4, 0.5) is 4.79 Å². The van der Waals surface area contributed by atoms with Crippen LogP contribution in [-0.4, -0.2) is 54.3 Å². The first-order valence-corrected chi connectivity index (χ1v) is 11.6. The molecule has 170 valence electrons. The van der Waals surface area contributed by atoms with Crippen molar-refractivity contribution < 1.29 is 9.53 Å². The van der Waals surface area contributed by atoms with Crippen LogP contribution in [0.15, 0.2) is 22.5 Å². The maximum absolute atomic E-state index is 12.6. The quantitative estimate of drug-likeness (QED) is 0.320. The standard InChI is InChI=1S/C22H36N4O2S.HI/c1-15(11-19-7-6-10-29-19)14-24-20(23-5)25-16-12-17-8-9-18(13-16)26(17)21(27)28-22(2,3)4;/h6-7,10,15-18H,8-9,11-14H2,1-5H3,(H2,23,24,25);1H. The van der Waals surface area contributed by atoms with Gasteiger partial charge in [-0.1, -0.05) is 13.0 Å². The average molecular weight is 549 g/mol. The average Bonchev–Trinajstić information content (AvgIpc) is 3.23. The van der Waals surface area contributed by atoms with Crippen molar-refractivity contribution in [1.82, 2.24) is 15.5 Å². The Morgan fingerprint density at radius 3 is 2.53 bits per heavy atom. The molecule has 3 heterocycles. The summed E-state index contributed by atoms with van der Waals surface area (Å²) in [6.07, 6.45) is 4.94. The van der Waals surface area contributed by atoms with Crippen LogP contribution in [0.2, 0.25) is 0 Å². The minimum Gasteiger partial charge on any atom is -0.444 e. The van der Waals surface area contributed by atoms with Gasteiger partial charge in [0.05, 0.1) is 0 Å². The van der Waals surface area contributed by atoms with Gasteiger partial charge in [-0.25, -0.2) is 4.79 Å². The van der Waals surface area contributed by atoms with Crippen LogP contribution in [0, 0.1) is 5.92 Å². The fourth-order valence-corrected chi connectivity index (χ4v) is 5.28. The summed E-state index contributed by atoms with van der Waals surface area (Å²) < 4.78 is 5.63. The molecule has 0 aliphatic carbocycles. The molecule has 0 spiro atoms. The van der Waals surface area contributed by atoms with E-state index in [9.17, 15) is 4.79 Å². The van der Waals surface area contributed by atoms with Crippen LogP contribution in [-0.2, 0) is 11.2 Å². The number of aliphatic imine (C=N–C) groups is 1. The van der Waals surface area contributed by atoms with Crippen molar-refractivity contribution >= 4 is 47.4 Å². The molecule has 3 rings (SSSR count). The summed E-state index contributed by atoms with van der Waals surface area (Å²) in [4.78, 5) is 20.4. The van der Waals surface area contributed by atoms with Gasteiger partial charge in [0.2, 0.25) is 0 Å². The Bertz CT molecular complexity index is 690. The van der Waals surface area contributed by atoms with Gasteiger partial charge < -0.3 is 20.3 Å². The Morgan fingerprint density at radius 2 is 2.00 bits per heavy atom. The third kappa shape index (κ3) is 7.00. The number of ether oxygens (including phenoxy) is 1. The lowest BCUT2D eigenvalue weighted by atomic mass is 9.98.